The number of aromatic nitrogens is 2. The molecule has 1 heterocycles. The number of hydrogen-bond acceptors (Lipinski definition) is 3. The number of rotatable bonds is 7. The molecule has 0 aliphatic heterocycles. The van der Waals surface area contributed by atoms with Crippen molar-refractivity contribution in [2.75, 3.05) is 5.32 Å². The third-order valence-electron chi connectivity index (χ3n) is 4.56. The van der Waals surface area contributed by atoms with Crippen LogP contribution in [-0.2, 0) is 13.2 Å². The molecular formula is C24H19ClFN3O2. The van der Waals surface area contributed by atoms with E-state index >= 15 is 0 Å². The Kier molecular flexibility index (Phi) is 6.29. The van der Waals surface area contributed by atoms with Crippen molar-refractivity contribution in [1.29, 1.82) is 0 Å². The van der Waals surface area contributed by atoms with E-state index in [0.29, 0.717) is 28.7 Å². The number of carbonyl (C=O) groups excluding carboxylic acids is 1. The summed E-state index contributed by atoms with van der Waals surface area (Å²) in [6.45, 7) is 0.766. The van der Waals surface area contributed by atoms with E-state index in [-0.39, 0.29) is 18.3 Å². The molecule has 3 aromatic carbocycles. The topological polar surface area (TPSA) is 56.2 Å². The van der Waals surface area contributed by atoms with Crippen molar-refractivity contribution in [3.05, 3.63) is 113 Å². The Balaban J connectivity index is 1.37. The summed E-state index contributed by atoms with van der Waals surface area (Å²) < 4.78 is 20.4. The van der Waals surface area contributed by atoms with Crippen molar-refractivity contribution in [3.8, 4) is 5.75 Å². The number of carbonyl (C=O) groups is 1. The maximum absolute atomic E-state index is 13.0. The highest BCUT2D eigenvalue weighted by Gasteiger charge is 2.10. The van der Waals surface area contributed by atoms with Crippen LogP contribution in [-0.4, -0.2) is 15.7 Å². The average Bonchev–Trinajstić information content (AvgIpc) is 3.21. The zero-order chi connectivity index (χ0) is 21.6. The SMILES string of the molecule is O=C(Nc1ccn(Cc2ccc(F)cc2)n1)c1cccc(COc2ccccc2Cl)c1. The van der Waals surface area contributed by atoms with Gasteiger partial charge in [-0.3, -0.25) is 9.48 Å². The van der Waals surface area contributed by atoms with Crippen molar-refractivity contribution >= 4 is 23.3 Å². The van der Waals surface area contributed by atoms with E-state index in [9.17, 15) is 9.18 Å². The molecule has 0 radical (unpaired) electrons. The van der Waals surface area contributed by atoms with Crippen LogP contribution in [0.4, 0.5) is 10.2 Å². The lowest BCUT2D eigenvalue weighted by atomic mass is 10.1. The minimum Gasteiger partial charge on any atom is -0.487 e. The summed E-state index contributed by atoms with van der Waals surface area (Å²) in [5.41, 5.74) is 2.25. The lowest BCUT2D eigenvalue weighted by Crippen LogP contribution is -2.13. The number of amides is 1. The maximum atomic E-state index is 13.0. The Labute approximate surface area is 184 Å². The van der Waals surface area contributed by atoms with Gasteiger partial charge in [0.05, 0.1) is 11.6 Å². The van der Waals surface area contributed by atoms with Crippen LogP contribution in [0.3, 0.4) is 0 Å². The van der Waals surface area contributed by atoms with E-state index in [2.05, 4.69) is 10.4 Å². The highest BCUT2D eigenvalue weighted by atomic mass is 35.5. The second kappa shape index (κ2) is 9.45. The van der Waals surface area contributed by atoms with Crippen molar-refractivity contribution in [2.24, 2.45) is 0 Å². The molecule has 0 saturated carbocycles. The van der Waals surface area contributed by atoms with Gasteiger partial charge in [-0.25, -0.2) is 4.39 Å². The zero-order valence-corrected chi connectivity index (χ0v) is 17.2. The molecule has 7 heteroatoms. The number of halogens is 2. The Morgan fingerprint density at radius 1 is 1.00 bits per heavy atom. The van der Waals surface area contributed by atoms with Crippen LogP contribution >= 0.6 is 11.6 Å². The molecule has 156 valence electrons. The second-order valence-electron chi connectivity index (χ2n) is 6.90. The van der Waals surface area contributed by atoms with Gasteiger partial charge in [0, 0.05) is 17.8 Å². The van der Waals surface area contributed by atoms with Crippen LogP contribution in [0.25, 0.3) is 0 Å². The molecule has 5 nitrogen and oxygen atoms in total. The Bertz CT molecular complexity index is 1190. The standard InChI is InChI=1S/C24H19ClFN3O2/c25-21-6-1-2-7-22(21)31-16-18-4-3-5-19(14-18)24(30)27-23-12-13-29(28-23)15-17-8-10-20(26)11-9-17/h1-14H,15-16H2,(H,27,28,30). The highest BCUT2D eigenvalue weighted by Crippen LogP contribution is 2.24. The highest BCUT2D eigenvalue weighted by molar-refractivity contribution is 6.32. The lowest BCUT2D eigenvalue weighted by molar-refractivity contribution is 0.102. The van der Waals surface area contributed by atoms with Crippen LogP contribution in [0.5, 0.6) is 5.75 Å². The van der Waals surface area contributed by atoms with Gasteiger partial charge in [-0.15, -0.1) is 0 Å². The normalized spacial score (nSPS) is 10.6. The fourth-order valence-electron chi connectivity index (χ4n) is 3.01. The summed E-state index contributed by atoms with van der Waals surface area (Å²) in [4.78, 5) is 12.6. The third-order valence-corrected chi connectivity index (χ3v) is 4.87. The maximum Gasteiger partial charge on any atom is 0.256 e. The Morgan fingerprint density at radius 2 is 1.81 bits per heavy atom. The van der Waals surface area contributed by atoms with Gasteiger partial charge < -0.3 is 10.1 Å². The van der Waals surface area contributed by atoms with Crippen molar-refractivity contribution in [3.63, 3.8) is 0 Å². The number of nitrogens with one attached hydrogen (secondary N) is 1. The first-order chi connectivity index (χ1) is 15.1. The van der Waals surface area contributed by atoms with Gasteiger partial charge in [0.1, 0.15) is 18.2 Å². The van der Waals surface area contributed by atoms with Crippen LogP contribution in [0.15, 0.2) is 85.1 Å². The minimum atomic E-state index is -0.281. The van der Waals surface area contributed by atoms with Crippen LogP contribution in [0, 0.1) is 5.82 Å². The molecule has 1 amide bonds. The van der Waals surface area contributed by atoms with E-state index in [4.69, 9.17) is 16.3 Å². The zero-order valence-electron chi connectivity index (χ0n) is 16.5. The smallest absolute Gasteiger partial charge is 0.256 e. The van der Waals surface area contributed by atoms with E-state index in [1.807, 2.05) is 18.2 Å². The summed E-state index contributed by atoms with van der Waals surface area (Å²) in [5, 5.41) is 7.68. The number of hydrogen-bond donors (Lipinski definition) is 1. The van der Waals surface area contributed by atoms with E-state index in [0.717, 1.165) is 11.1 Å². The molecule has 1 aromatic heterocycles. The molecule has 0 atom stereocenters. The van der Waals surface area contributed by atoms with Crippen LogP contribution in [0.1, 0.15) is 21.5 Å². The third kappa shape index (κ3) is 5.49. The van der Waals surface area contributed by atoms with Crippen molar-refractivity contribution in [1.82, 2.24) is 9.78 Å². The van der Waals surface area contributed by atoms with E-state index in [1.165, 1.54) is 12.1 Å². The number of benzene rings is 3. The molecule has 0 unspecified atom stereocenters. The van der Waals surface area contributed by atoms with Gasteiger partial charge in [-0.1, -0.05) is 48.0 Å². The molecule has 0 bridgehead atoms. The van der Waals surface area contributed by atoms with Gasteiger partial charge in [-0.2, -0.15) is 5.10 Å². The molecule has 4 aromatic rings. The quantitative estimate of drug-likeness (QED) is 0.413. The summed E-state index contributed by atoms with van der Waals surface area (Å²) in [5.74, 6) is 0.471. The fourth-order valence-corrected chi connectivity index (χ4v) is 3.20. The Morgan fingerprint density at radius 3 is 2.61 bits per heavy atom. The average molecular weight is 436 g/mol. The van der Waals surface area contributed by atoms with Gasteiger partial charge >= 0.3 is 0 Å². The molecule has 0 aliphatic carbocycles. The molecule has 1 N–H and O–H groups in total. The number of para-hydroxylation sites is 1. The molecular weight excluding hydrogens is 417 g/mol. The first-order valence-corrected chi connectivity index (χ1v) is 10.0. The first-order valence-electron chi connectivity index (χ1n) is 9.62. The molecule has 31 heavy (non-hydrogen) atoms. The largest absolute Gasteiger partial charge is 0.487 e. The van der Waals surface area contributed by atoms with Crippen molar-refractivity contribution < 1.29 is 13.9 Å². The first kappa shape index (κ1) is 20.6. The van der Waals surface area contributed by atoms with E-state index < -0.39 is 0 Å². The van der Waals surface area contributed by atoms with E-state index in [1.54, 1.807) is 59.4 Å². The van der Waals surface area contributed by atoms with Gasteiger partial charge in [-0.05, 0) is 47.5 Å². The summed E-state index contributed by atoms with van der Waals surface area (Å²) in [6, 6.07) is 22.3. The monoisotopic (exact) mass is 435 g/mol. The van der Waals surface area contributed by atoms with Gasteiger partial charge in [0.25, 0.3) is 5.91 Å². The Hall–Kier alpha value is -3.64. The molecule has 0 saturated heterocycles. The second-order valence-corrected chi connectivity index (χ2v) is 7.31. The van der Waals surface area contributed by atoms with Crippen LogP contribution in [0.2, 0.25) is 5.02 Å². The minimum absolute atomic E-state index is 0.272. The predicted molar refractivity (Wildman–Crippen MR) is 118 cm³/mol. The number of ether oxygens (including phenoxy) is 1. The predicted octanol–water partition coefficient (Wildman–Crippen LogP) is 5.56. The summed E-state index contributed by atoms with van der Waals surface area (Å²) in [7, 11) is 0. The lowest BCUT2D eigenvalue weighted by Gasteiger charge is -2.09. The fraction of sp³-hybridized carbons (Fsp3) is 0.0833. The summed E-state index contributed by atoms with van der Waals surface area (Å²) >= 11 is 6.11. The van der Waals surface area contributed by atoms with Gasteiger partial charge in [0.15, 0.2) is 5.82 Å². The van der Waals surface area contributed by atoms with Crippen molar-refractivity contribution in [2.45, 2.75) is 13.2 Å². The number of anilines is 1. The van der Waals surface area contributed by atoms with Crippen LogP contribution < -0.4 is 10.1 Å². The van der Waals surface area contributed by atoms with Gasteiger partial charge in [0.2, 0.25) is 0 Å². The molecule has 0 fully saturated rings. The molecule has 0 spiro atoms. The molecule has 4 rings (SSSR count). The summed E-state index contributed by atoms with van der Waals surface area (Å²) in [6.07, 6.45) is 1.76. The number of nitrogens with zero attached hydrogens (tertiary/aromatic N) is 2. The molecule has 0 aliphatic rings.